The maximum absolute atomic E-state index is 12.3. The van der Waals surface area contributed by atoms with E-state index >= 15 is 0 Å². The monoisotopic (exact) mass is 271 g/mol. The number of ether oxygens (including phenoxy) is 1. The molecule has 0 aliphatic carbocycles. The Balaban J connectivity index is 2.65. The Hall–Kier alpha value is -1.10. The van der Waals surface area contributed by atoms with E-state index in [9.17, 15) is 14.7 Å². The molecule has 1 rings (SSSR count). The van der Waals surface area contributed by atoms with Crippen molar-refractivity contribution < 1.29 is 19.4 Å². The summed E-state index contributed by atoms with van der Waals surface area (Å²) >= 11 is 0. The Bertz CT molecular complexity index is 329. The van der Waals surface area contributed by atoms with Gasteiger partial charge < -0.3 is 14.7 Å². The number of rotatable bonds is 4. The number of hydrogen-bond acceptors (Lipinski definition) is 3. The van der Waals surface area contributed by atoms with E-state index in [1.807, 2.05) is 0 Å². The van der Waals surface area contributed by atoms with E-state index in [4.69, 9.17) is 4.74 Å². The topological polar surface area (TPSA) is 66.8 Å². The SMILES string of the molecule is CN(CC1CCCCO1)C(=O)C(C(=O)O)C(C)(C)C. The Morgan fingerprint density at radius 2 is 2.00 bits per heavy atom. The first-order valence-corrected chi connectivity index (χ1v) is 6.83. The molecular weight excluding hydrogens is 246 g/mol. The molecule has 0 saturated carbocycles. The summed E-state index contributed by atoms with van der Waals surface area (Å²) < 4.78 is 5.58. The second-order valence-electron chi connectivity index (χ2n) is 6.34. The van der Waals surface area contributed by atoms with Gasteiger partial charge in [0.15, 0.2) is 0 Å². The third kappa shape index (κ3) is 4.49. The van der Waals surface area contributed by atoms with E-state index in [-0.39, 0.29) is 12.0 Å². The molecule has 1 amide bonds. The number of carboxylic acid groups (broad SMARTS) is 1. The molecule has 1 heterocycles. The molecule has 0 aromatic rings. The summed E-state index contributed by atoms with van der Waals surface area (Å²) in [5, 5.41) is 9.26. The molecule has 1 aliphatic rings. The van der Waals surface area contributed by atoms with Gasteiger partial charge in [0.05, 0.1) is 6.10 Å². The Kier molecular flexibility index (Phi) is 5.35. The van der Waals surface area contributed by atoms with Gasteiger partial charge in [-0.3, -0.25) is 9.59 Å². The molecule has 110 valence electrons. The molecule has 5 heteroatoms. The molecule has 0 aromatic heterocycles. The second kappa shape index (κ2) is 6.37. The normalized spacial score (nSPS) is 21.8. The van der Waals surface area contributed by atoms with Crippen LogP contribution < -0.4 is 0 Å². The smallest absolute Gasteiger partial charge is 0.316 e. The lowest BCUT2D eigenvalue weighted by Gasteiger charge is -2.32. The van der Waals surface area contributed by atoms with Crippen molar-refractivity contribution in [1.29, 1.82) is 0 Å². The van der Waals surface area contributed by atoms with Crippen LogP contribution in [0.25, 0.3) is 0 Å². The van der Waals surface area contributed by atoms with Crippen LogP contribution >= 0.6 is 0 Å². The largest absolute Gasteiger partial charge is 0.481 e. The van der Waals surface area contributed by atoms with Gasteiger partial charge in [-0.15, -0.1) is 0 Å². The first kappa shape index (κ1) is 16.0. The lowest BCUT2D eigenvalue weighted by atomic mass is 9.80. The standard InChI is InChI=1S/C14H25NO4/c1-14(2,3)11(13(17)18)12(16)15(4)9-10-7-5-6-8-19-10/h10-11H,5-9H2,1-4H3,(H,17,18). The number of carboxylic acids is 1. The molecule has 1 fully saturated rings. The Morgan fingerprint density at radius 1 is 1.37 bits per heavy atom. The lowest BCUT2D eigenvalue weighted by Crippen LogP contribution is -2.46. The predicted octanol–water partition coefficient (Wildman–Crippen LogP) is 1.76. The van der Waals surface area contributed by atoms with Crippen molar-refractivity contribution in [1.82, 2.24) is 4.90 Å². The average Bonchev–Trinajstić information content (AvgIpc) is 2.27. The van der Waals surface area contributed by atoms with Gasteiger partial charge in [0.1, 0.15) is 5.92 Å². The molecule has 19 heavy (non-hydrogen) atoms. The maximum Gasteiger partial charge on any atom is 0.316 e. The summed E-state index contributed by atoms with van der Waals surface area (Å²) in [6, 6.07) is 0. The van der Waals surface area contributed by atoms with Crippen LogP contribution in [0.1, 0.15) is 40.0 Å². The minimum absolute atomic E-state index is 0.0390. The molecule has 0 spiro atoms. The van der Waals surface area contributed by atoms with E-state index in [2.05, 4.69) is 0 Å². The first-order valence-electron chi connectivity index (χ1n) is 6.83. The average molecular weight is 271 g/mol. The van der Waals surface area contributed by atoms with Crippen molar-refractivity contribution in [3.63, 3.8) is 0 Å². The summed E-state index contributed by atoms with van der Waals surface area (Å²) in [5.74, 6) is -2.41. The van der Waals surface area contributed by atoms with Gasteiger partial charge >= 0.3 is 5.97 Å². The van der Waals surface area contributed by atoms with Gasteiger partial charge in [-0.2, -0.15) is 0 Å². The van der Waals surface area contributed by atoms with Crippen molar-refractivity contribution >= 4 is 11.9 Å². The fraction of sp³-hybridized carbons (Fsp3) is 0.857. The molecule has 1 N–H and O–H groups in total. The van der Waals surface area contributed by atoms with Crippen LogP contribution in [-0.2, 0) is 14.3 Å². The zero-order chi connectivity index (χ0) is 14.6. The van der Waals surface area contributed by atoms with Gasteiger partial charge in [0, 0.05) is 20.2 Å². The summed E-state index contributed by atoms with van der Waals surface area (Å²) in [6.07, 6.45) is 3.14. The van der Waals surface area contributed by atoms with E-state index in [0.717, 1.165) is 25.9 Å². The van der Waals surface area contributed by atoms with Gasteiger partial charge in [-0.1, -0.05) is 20.8 Å². The highest BCUT2D eigenvalue weighted by molar-refractivity contribution is 5.97. The van der Waals surface area contributed by atoms with E-state index in [1.165, 1.54) is 4.90 Å². The third-order valence-electron chi connectivity index (χ3n) is 3.49. The van der Waals surface area contributed by atoms with Crippen molar-refractivity contribution in [2.45, 2.75) is 46.1 Å². The summed E-state index contributed by atoms with van der Waals surface area (Å²) in [4.78, 5) is 25.1. The zero-order valence-electron chi connectivity index (χ0n) is 12.3. The highest BCUT2D eigenvalue weighted by Gasteiger charge is 2.39. The van der Waals surface area contributed by atoms with Crippen molar-refractivity contribution in [2.24, 2.45) is 11.3 Å². The number of nitrogens with zero attached hydrogens (tertiary/aromatic N) is 1. The summed E-state index contributed by atoms with van der Waals surface area (Å²) in [7, 11) is 1.65. The first-order chi connectivity index (χ1) is 8.73. The minimum atomic E-state index is -1.06. The molecule has 5 nitrogen and oxygen atoms in total. The number of likely N-dealkylation sites (N-methyl/N-ethyl adjacent to an activating group) is 1. The Labute approximate surface area is 114 Å². The molecule has 1 saturated heterocycles. The van der Waals surface area contributed by atoms with Crippen LogP contribution in [0.3, 0.4) is 0 Å². The molecule has 0 aromatic carbocycles. The van der Waals surface area contributed by atoms with Crippen molar-refractivity contribution in [2.75, 3.05) is 20.2 Å². The quantitative estimate of drug-likeness (QED) is 0.791. The van der Waals surface area contributed by atoms with Crippen LogP contribution in [0.2, 0.25) is 0 Å². The zero-order valence-corrected chi connectivity index (χ0v) is 12.3. The number of aliphatic carboxylic acids is 1. The number of carbonyl (C=O) groups is 2. The highest BCUT2D eigenvalue weighted by atomic mass is 16.5. The highest BCUT2D eigenvalue weighted by Crippen LogP contribution is 2.28. The molecule has 0 radical (unpaired) electrons. The molecule has 0 bridgehead atoms. The molecule has 1 aliphatic heterocycles. The lowest BCUT2D eigenvalue weighted by molar-refractivity contribution is -0.156. The number of hydrogen-bond donors (Lipinski definition) is 1. The maximum atomic E-state index is 12.3. The molecule has 2 unspecified atom stereocenters. The number of amides is 1. The van der Waals surface area contributed by atoms with E-state index in [1.54, 1.807) is 27.8 Å². The van der Waals surface area contributed by atoms with Gasteiger partial charge in [-0.25, -0.2) is 0 Å². The number of carbonyl (C=O) groups excluding carboxylic acids is 1. The fourth-order valence-electron chi connectivity index (χ4n) is 2.41. The fourth-order valence-corrected chi connectivity index (χ4v) is 2.41. The van der Waals surface area contributed by atoms with Crippen molar-refractivity contribution in [3.8, 4) is 0 Å². The van der Waals surface area contributed by atoms with E-state index in [0.29, 0.717) is 6.54 Å². The Morgan fingerprint density at radius 3 is 2.42 bits per heavy atom. The van der Waals surface area contributed by atoms with Crippen LogP contribution in [-0.4, -0.2) is 48.2 Å². The summed E-state index contributed by atoms with van der Waals surface area (Å²) in [6.45, 7) is 6.52. The second-order valence-corrected chi connectivity index (χ2v) is 6.34. The van der Waals surface area contributed by atoms with Crippen molar-refractivity contribution in [3.05, 3.63) is 0 Å². The van der Waals surface area contributed by atoms with Gasteiger partial charge in [0.2, 0.25) is 5.91 Å². The van der Waals surface area contributed by atoms with Gasteiger partial charge in [-0.05, 0) is 24.7 Å². The molecule has 2 atom stereocenters. The van der Waals surface area contributed by atoms with E-state index < -0.39 is 17.3 Å². The van der Waals surface area contributed by atoms with Crippen LogP contribution in [0.15, 0.2) is 0 Å². The van der Waals surface area contributed by atoms with Crippen LogP contribution in [0, 0.1) is 11.3 Å². The predicted molar refractivity (Wildman–Crippen MR) is 71.8 cm³/mol. The van der Waals surface area contributed by atoms with Crippen LogP contribution in [0.4, 0.5) is 0 Å². The minimum Gasteiger partial charge on any atom is -0.481 e. The molecular formula is C14H25NO4. The van der Waals surface area contributed by atoms with Crippen LogP contribution in [0.5, 0.6) is 0 Å². The summed E-state index contributed by atoms with van der Waals surface area (Å²) in [5.41, 5.74) is -0.593. The van der Waals surface area contributed by atoms with Gasteiger partial charge in [0.25, 0.3) is 0 Å². The third-order valence-corrected chi connectivity index (χ3v) is 3.49.